The van der Waals surface area contributed by atoms with Crippen LogP contribution in [0, 0.1) is 0 Å². The van der Waals surface area contributed by atoms with Crippen LogP contribution < -0.4 is 10.1 Å². The molecule has 0 spiro atoms. The molecule has 1 aromatic heterocycles. The van der Waals surface area contributed by atoms with Gasteiger partial charge in [0.15, 0.2) is 9.84 Å². The second kappa shape index (κ2) is 14.7. The molecule has 1 unspecified atom stereocenters. The Balaban J connectivity index is 1.55. The highest BCUT2D eigenvalue weighted by atomic mass is 32.2. The number of carbonyl (C=O) groups is 1. The Labute approximate surface area is 291 Å². The molecular formula is C38H43F3N4O4S. The number of piperidine rings is 1. The van der Waals surface area contributed by atoms with Crippen LogP contribution in [0.5, 0.6) is 5.75 Å². The number of methoxy groups -OCH3 is 1. The molecule has 0 bridgehead atoms. The molecule has 0 radical (unpaired) electrons. The van der Waals surface area contributed by atoms with Crippen molar-refractivity contribution in [3.63, 3.8) is 0 Å². The molecule has 6 rings (SSSR count). The maximum absolute atomic E-state index is 14.6. The van der Waals surface area contributed by atoms with E-state index in [1.807, 2.05) is 37.3 Å². The van der Waals surface area contributed by atoms with Crippen LogP contribution in [0.15, 0.2) is 71.6 Å². The fourth-order valence-electron chi connectivity index (χ4n) is 7.23. The molecule has 1 N–H and O–H groups in total. The lowest BCUT2D eigenvalue weighted by molar-refractivity contribution is -0.137. The number of amides is 1. The largest absolute Gasteiger partial charge is 0.495 e. The fraction of sp³-hybridized carbons (Fsp3) is 0.421. The van der Waals surface area contributed by atoms with Gasteiger partial charge in [0.2, 0.25) is 0 Å². The molecule has 3 heterocycles. The van der Waals surface area contributed by atoms with Gasteiger partial charge in [0.25, 0.3) is 5.91 Å². The predicted molar refractivity (Wildman–Crippen MR) is 188 cm³/mol. The third kappa shape index (κ3) is 7.52. The van der Waals surface area contributed by atoms with Crippen molar-refractivity contribution in [2.75, 3.05) is 39.0 Å². The number of ether oxygens (including phenoxy) is 1. The molecule has 0 aliphatic carbocycles. The van der Waals surface area contributed by atoms with Gasteiger partial charge >= 0.3 is 6.18 Å². The maximum atomic E-state index is 14.6. The average molecular weight is 709 g/mol. The summed E-state index contributed by atoms with van der Waals surface area (Å²) in [6.45, 7) is 7.28. The second-order valence-corrected chi connectivity index (χ2v) is 15.4. The maximum Gasteiger partial charge on any atom is 0.416 e. The highest BCUT2D eigenvalue weighted by molar-refractivity contribution is 7.91. The number of carbonyl (C=O) groups excluding carboxylic acids is 1. The molecule has 1 amide bonds. The number of hydrogen-bond donors (Lipinski definition) is 1. The Hall–Kier alpha value is -4.00. The van der Waals surface area contributed by atoms with Gasteiger partial charge in [0.1, 0.15) is 10.6 Å². The summed E-state index contributed by atoms with van der Waals surface area (Å²) in [5.74, 6) is -0.632. The summed E-state index contributed by atoms with van der Waals surface area (Å²) < 4.78 is 74.1. The smallest absolute Gasteiger partial charge is 0.416 e. The summed E-state index contributed by atoms with van der Waals surface area (Å²) >= 11 is 0. The van der Waals surface area contributed by atoms with Crippen LogP contribution in [0.1, 0.15) is 72.6 Å². The van der Waals surface area contributed by atoms with E-state index in [1.165, 1.54) is 45.1 Å². The van der Waals surface area contributed by atoms with Crippen LogP contribution >= 0.6 is 0 Å². The van der Waals surface area contributed by atoms with Gasteiger partial charge in [-0.15, -0.1) is 0 Å². The molecule has 8 nitrogen and oxygen atoms in total. The van der Waals surface area contributed by atoms with Gasteiger partial charge in [-0.1, -0.05) is 49.4 Å². The number of rotatable bonds is 10. The van der Waals surface area contributed by atoms with Crippen LogP contribution in [0.3, 0.4) is 0 Å². The van der Waals surface area contributed by atoms with Crippen molar-refractivity contribution in [3.05, 3.63) is 89.0 Å². The molecule has 50 heavy (non-hydrogen) atoms. The molecule has 2 saturated heterocycles. The van der Waals surface area contributed by atoms with Gasteiger partial charge in [-0.05, 0) is 82.5 Å². The number of aromatic nitrogens is 1. The summed E-state index contributed by atoms with van der Waals surface area (Å²) in [6.07, 6.45) is -0.332. The fourth-order valence-corrected chi connectivity index (χ4v) is 8.29. The quantitative estimate of drug-likeness (QED) is 0.185. The molecule has 2 aliphatic rings. The first-order chi connectivity index (χ1) is 23.9. The number of hydrogen-bond acceptors (Lipinski definition) is 7. The number of nitrogens with one attached hydrogen (secondary N) is 1. The molecule has 266 valence electrons. The minimum absolute atomic E-state index is 0.0441. The van der Waals surface area contributed by atoms with Gasteiger partial charge in [-0.2, -0.15) is 13.2 Å². The van der Waals surface area contributed by atoms with E-state index in [9.17, 15) is 26.4 Å². The Kier molecular flexibility index (Phi) is 10.5. The first-order valence-electron chi connectivity index (χ1n) is 17.2. The lowest BCUT2D eigenvalue weighted by Crippen LogP contribution is -2.43. The van der Waals surface area contributed by atoms with Crippen LogP contribution in [-0.4, -0.2) is 74.2 Å². The normalized spacial score (nSPS) is 17.2. The Morgan fingerprint density at radius 3 is 2.34 bits per heavy atom. The Bertz CT molecular complexity index is 1960. The number of pyridine rings is 1. The molecule has 1 atom stereocenters. The monoisotopic (exact) mass is 708 g/mol. The number of nitrogens with zero attached hydrogens (tertiary/aromatic N) is 3. The summed E-state index contributed by atoms with van der Waals surface area (Å²) in [5.41, 5.74) is 1.33. The molecular weight excluding hydrogens is 666 g/mol. The van der Waals surface area contributed by atoms with E-state index in [2.05, 4.69) is 15.1 Å². The molecule has 2 aliphatic heterocycles. The number of alkyl halides is 3. The van der Waals surface area contributed by atoms with Gasteiger partial charge in [0.05, 0.1) is 41.2 Å². The van der Waals surface area contributed by atoms with E-state index in [0.717, 1.165) is 56.7 Å². The first-order valence-corrected chi connectivity index (χ1v) is 18.8. The van der Waals surface area contributed by atoms with Crippen LogP contribution in [0.2, 0.25) is 0 Å². The lowest BCUT2D eigenvalue weighted by atomic mass is 9.93. The van der Waals surface area contributed by atoms with Gasteiger partial charge in [0, 0.05) is 35.2 Å². The third-order valence-electron chi connectivity index (χ3n) is 10.0. The number of likely N-dealkylation sites (tertiary alicyclic amines) is 2. The molecule has 4 aromatic rings. The minimum Gasteiger partial charge on any atom is -0.495 e. The summed E-state index contributed by atoms with van der Waals surface area (Å²) in [6, 6.07) is 17.3. The van der Waals surface area contributed by atoms with Gasteiger partial charge in [-0.3, -0.25) is 9.69 Å². The van der Waals surface area contributed by atoms with Crippen molar-refractivity contribution in [2.45, 2.75) is 69.2 Å². The number of sulfone groups is 1. The highest BCUT2D eigenvalue weighted by Gasteiger charge is 2.33. The number of benzene rings is 3. The van der Waals surface area contributed by atoms with E-state index in [-0.39, 0.29) is 50.7 Å². The highest BCUT2D eigenvalue weighted by Crippen LogP contribution is 2.39. The van der Waals surface area contributed by atoms with E-state index in [4.69, 9.17) is 9.72 Å². The predicted octanol–water partition coefficient (Wildman–Crippen LogP) is 7.27. The van der Waals surface area contributed by atoms with Crippen LogP contribution in [-0.2, 0) is 22.6 Å². The van der Waals surface area contributed by atoms with Crippen molar-refractivity contribution >= 4 is 26.6 Å². The zero-order chi connectivity index (χ0) is 35.6. The van der Waals surface area contributed by atoms with Crippen molar-refractivity contribution in [1.82, 2.24) is 20.1 Å². The number of fused-ring (bicyclic) bond motifs is 1. The summed E-state index contributed by atoms with van der Waals surface area (Å²) in [4.78, 5) is 24.2. The van der Waals surface area contributed by atoms with Crippen molar-refractivity contribution in [1.29, 1.82) is 0 Å². The molecule has 12 heteroatoms. The van der Waals surface area contributed by atoms with Crippen LogP contribution in [0.25, 0.3) is 22.2 Å². The Morgan fingerprint density at radius 2 is 1.70 bits per heavy atom. The SMILES string of the molecule is CCS(=O)(=O)c1cc2c(C(=O)NC(C)c3ccccc3)c(CN3CCC(N4CCCC4)CC3)c(-c3cccc(C(F)(F)F)c3)nc2cc1OC. The Morgan fingerprint density at radius 1 is 1.00 bits per heavy atom. The summed E-state index contributed by atoms with van der Waals surface area (Å²) in [5, 5.41) is 3.37. The van der Waals surface area contributed by atoms with E-state index >= 15 is 0 Å². The lowest BCUT2D eigenvalue weighted by Gasteiger charge is -2.37. The van der Waals surface area contributed by atoms with Crippen molar-refractivity contribution < 1.29 is 31.1 Å². The van der Waals surface area contributed by atoms with Crippen LogP contribution in [0.4, 0.5) is 13.2 Å². The minimum atomic E-state index is -4.59. The zero-order valence-electron chi connectivity index (χ0n) is 28.6. The number of halogens is 3. The van der Waals surface area contributed by atoms with E-state index in [1.54, 1.807) is 6.07 Å². The zero-order valence-corrected chi connectivity index (χ0v) is 29.4. The topological polar surface area (TPSA) is 91.8 Å². The first kappa shape index (κ1) is 35.8. The molecule has 2 fully saturated rings. The van der Waals surface area contributed by atoms with E-state index < -0.39 is 33.5 Å². The second-order valence-electron chi connectivity index (χ2n) is 13.2. The molecule has 3 aromatic carbocycles. The standard InChI is InChI=1S/C38H43F3N4O4S/c1-4-50(47,48)34-22-30-32(23-33(34)49-3)43-36(27-13-10-14-28(21-27)38(39,40)41)31(24-44-19-15-29(16-20-44)45-17-8-9-18-45)35(30)37(46)42-25(2)26-11-6-5-7-12-26/h5-7,10-14,21-23,25,29H,4,8-9,15-20,24H2,1-3H3,(H,42,46). The summed E-state index contributed by atoms with van der Waals surface area (Å²) in [7, 11) is -2.46. The van der Waals surface area contributed by atoms with Gasteiger partial charge < -0.3 is 15.0 Å². The molecule has 0 saturated carbocycles. The van der Waals surface area contributed by atoms with E-state index in [0.29, 0.717) is 11.6 Å². The average Bonchev–Trinajstić information content (AvgIpc) is 3.66. The van der Waals surface area contributed by atoms with Crippen molar-refractivity contribution in [2.24, 2.45) is 0 Å². The van der Waals surface area contributed by atoms with Gasteiger partial charge in [-0.25, -0.2) is 13.4 Å². The van der Waals surface area contributed by atoms with Crippen molar-refractivity contribution in [3.8, 4) is 17.0 Å². The third-order valence-corrected chi connectivity index (χ3v) is 11.8.